The number of allylic oxidation sites excluding steroid dienone is 1. The zero-order valence-electron chi connectivity index (χ0n) is 10.1. The number of rotatable bonds is 5. The summed E-state index contributed by atoms with van der Waals surface area (Å²) >= 11 is 1.76. The second kappa shape index (κ2) is 5.78. The molecule has 2 rings (SSSR count). The molecule has 88 valence electrons. The van der Waals surface area contributed by atoms with Crippen molar-refractivity contribution in [3.05, 3.63) is 53.4 Å². The van der Waals surface area contributed by atoms with Crippen LogP contribution in [0.25, 0.3) is 11.3 Å². The lowest BCUT2D eigenvalue weighted by Crippen LogP contribution is -1.94. The summed E-state index contributed by atoms with van der Waals surface area (Å²) in [5.41, 5.74) is 2.29. The van der Waals surface area contributed by atoms with Crippen molar-refractivity contribution >= 4 is 11.3 Å². The fraction of sp³-hybridized carbons (Fsp3) is 0.267. The van der Waals surface area contributed by atoms with Gasteiger partial charge in [-0.15, -0.1) is 17.9 Å². The summed E-state index contributed by atoms with van der Waals surface area (Å²) in [6.07, 6.45) is 4.11. The van der Waals surface area contributed by atoms with Gasteiger partial charge < -0.3 is 0 Å². The Hall–Kier alpha value is -1.41. The first-order valence-corrected chi connectivity index (χ1v) is 6.84. The first-order valence-electron chi connectivity index (χ1n) is 5.97. The fourth-order valence-corrected chi connectivity index (χ4v) is 2.89. The van der Waals surface area contributed by atoms with Gasteiger partial charge in [0.25, 0.3) is 0 Å². The van der Waals surface area contributed by atoms with Gasteiger partial charge in [-0.1, -0.05) is 43.3 Å². The van der Waals surface area contributed by atoms with Crippen LogP contribution < -0.4 is 0 Å². The van der Waals surface area contributed by atoms with E-state index in [4.69, 9.17) is 4.98 Å². The van der Waals surface area contributed by atoms with E-state index in [-0.39, 0.29) is 0 Å². The summed E-state index contributed by atoms with van der Waals surface area (Å²) in [6.45, 7) is 6.02. The molecule has 1 aromatic carbocycles. The van der Waals surface area contributed by atoms with Crippen LogP contribution in [0, 0.1) is 0 Å². The molecule has 0 aliphatic rings. The normalized spacial score (nSPS) is 12.3. The van der Waals surface area contributed by atoms with Crippen LogP contribution in [0.3, 0.4) is 0 Å². The van der Waals surface area contributed by atoms with E-state index in [1.807, 2.05) is 12.1 Å². The van der Waals surface area contributed by atoms with Crippen molar-refractivity contribution in [2.75, 3.05) is 0 Å². The van der Waals surface area contributed by atoms with Crippen LogP contribution in [-0.2, 0) is 0 Å². The standard InChI is InChI=1S/C15H17NS/c1-3-8-12(4-2)15-16-14(11-17-15)13-9-6-5-7-10-13/h3,5-7,9-12H,1,4,8H2,2H3. The predicted octanol–water partition coefficient (Wildman–Crippen LogP) is 4.88. The van der Waals surface area contributed by atoms with Crippen molar-refractivity contribution in [2.24, 2.45) is 0 Å². The van der Waals surface area contributed by atoms with Crippen LogP contribution in [-0.4, -0.2) is 4.98 Å². The predicted molar refractivity (Wildman–Crippen MR) is 75.4 cm³/mol. The maximum atomic E-state index is 4.74. The van der Waals surface area contributed by atoms with E-state index in [1.54, 1.807) is 11.3 Å². The van der Waals surface area contributed by atoms with Gasteiger partial charge in [-0.2, -0.15) is 0 Å². The average Bonchev–Trinajstić information content (AvgIpc) is 2.86. The highest BCUT2D eigenvalue weighted by molar-refractivity contribution is 7.10. The molecule has 0 saturated carbocycles. The van der Waals surface area contributed by atoms with Crippen molar-refractivity contribution in [2.45, 2.75) is 25.7 Å². The molecule has 2 aromatic rings. The maximum Gasteiger partial charge on any atom is 0.0966 e. The number of hydrogen-bond acceptors (Lipinski definition) is 2. The Labute approximate surface area is 107 Å². The Morgan fingerprint density at radius 1 is 1.35 bits per heavy atom. The van der Waals surface area contributed by atoms with Crippen LogP contribution in [0.5, 0.6) is 0 Å². The number of hydrogen-bond donors (Lipinski definition) is 0. The third-order valence-corrected chi connectivity index (χ3v) is 3.89. The first-order chi connectivity index (χ1) is 8.35. The number of aromatic nitrogens is 1. The van der Waals surface area contributed by atoms with Gasteiger partial charge in [-0.05, 0) is 12.8 Å². The molecule has 1 nitrogen and oxygen atoms in total. The quantitative estimate of drug-likeness (QED) is 0.682. The van der Waals surface area contributed by atoms with E-state index in [2.05, 4.69) is 43.1 Å². The molecule has 1 unspecified atom stereocenters. The van der Waals surface area contributed by atoms with Crippen molar-refractivity contribution in [3.63, 3.8) is 0 Å². The van der Waals surface area contributed by atoms with E-state index < -0.39 is 0 Å². The van der Waals surface area contributed by atoms with Gasteiger partial charge in [0.15, 0.2) is 0 Å². The van der Waals surface area contributed by atoms with Gasteiger partial charge in [0.05, 0.1) is 10.7 Å². The summed E-state index contributed by atoms with van der Waals surface area (Å²) in [5.74, 6) is 0.523. The second-order valence-electron chi connectivity index (χ2n) is 4.07. The molecule has 0 saturated heterocycles. The Bertz CT molecular complexity index is 473. The Morgan fingerprint density at radius 2 is 2.12 bits per heavy atom. The molecular weight excluding hydrogens is 226 g/mol. The molecule has 0 fully saturated rings. The summed E-state index contributed by atoms with van der Waals surface area (Å²) in [7, 11) is 0. The second-order valence-corrected chi connectivity index (χ2v) is 4.96. The van der Waals surface area contributed by atoms with Crippen LogP contribution in [0.1, 0.15) is 30.7 Å². The molecular formula is C15H17NS. The Kier molecular flexibility index (Phi) is 4.10. The lowest BCUT2D eigenvalue weighted by atomic mass is 10.0. The fourth-order valence-electron chi connectivity index (χ4n) is 1.86. The molecule has 1 aromatic heterocycles. The highest BCUT2D eigenvalue weighted by Gasteiger charge is 2.12. The molecule has 0 radical (unpaired) electrons. The Morgan fingerprint density at radius 3 is 2.76 bits per heavy atom. The average molecular weight is 243 g/mol. The minimum Gasteiger partial charge on any atom is -0.241 e. The van der Waals surface area contributed by atoms with Crippen molar-refractivity contribution in [1.82, 2.24) is 4.98 Å². The van der Waals surface area contributed by atoms with Gasteiger partial charge in [-0.3, -0.25) is 0 Å². The maximum absolute atomic E-state index is 4.74. The van der Waals surface area contributed by atoms with E-state index in [0.717, 1.165) is 18.5 Å². The number of thiazole rings is 1. The lowest BCUT2D eigenvalue weighted by molar-refractivity contribution is 0.670. The van der Waals surface area contributed by atoms with Crippen molar-refractivity contribution in [3.8, 4) is 11.3 Å². The van der Waals surface area contributed by atoms with Crippen LogP contribution in [0.4, 0.5) is 0 Å². The highest BCUT2D eigenvalue weighted by Crippen LogP contribution is 2.30. The van der Waals surface area contributed by atoms with E-state index in [0.29, 0.717) is 5.92 Å². The zero-order chi connectivity index (χ0) is 12.1. The van der Waals surface area contributed by atoms with Gasteiger partial charge in [-0.25, -0.2) is 4.98 Å². The molecule has 0 spiro atoms. The monoisotopic (exact) mass is 243 g/mol. The van der Waals surface area contributed by atoms with Gasteiger partial charge in [0, 0.05) is 16.9 Å². The zero-order valence-corrected chi connectivity index (χ0v) is 10.9. The molecule has 0 N–H and O–H groups in total. The summed E-state index contributed by atoms with van der Waals surface area (Å²) in [6, 6.07) is 10.3. The molecule has 2 heteroatoms. The molecule has 0 aliphatic heterocycles. The molecule has 0 amide bonds. The van der Waals surface area contributed by atoms with Crippen molar-refractivity contribution < 1.29 is 0 Å². The van der Waals surface area contributed by atoms with E-state index in [9.17, 15) is 0 Å². The van der Waals surface area contributed by atoms with Crippen LogP contribution in [0.15, 0.2) is 48.4 Å². The topological polar surface area (TPSA) is 12.9 Å². The lowest BCUT2D eigenvalue weighted by Gasteiger charge is -2.07. The van der Waals surface area contributed by atoms with E-state index in [1.165, 1.54) is 10.6 Å². The molecule has 17 heavy (non-hydrogen) atoms. The molecule has 0 bridgehead atoms. The highest BCUT2D eigenvalue weighted by atomic mass is 32.1. The largest absolute Gasteiger partial charge is 0.241 e. The van der Waals surface area contributed by atoms with Crippen LogP contribution >= 0.6 is 11.3 Å². The molecule has 0 aliphatic carbocycles. The number of benzene rings is 1. The Balaban J connectivity index is 2.23. The van der Waals surface area contributed by atoms with Gasteiger partial charge in [0.2, 0.25) is 0 Å². The number of nitrogens with zero attached hydrogens (tertiary/aromatic N) is 1. The molecule has 1 heterocycles. The van der Waals surface area contributed by atoms with Crippen molar-refractivity contribution in [1.29, 1.82) is 0 Å². The SMILES string of the molecule is C=CCC(CC)c1nc(-c2ccccc2)cs1. The third kappa shape index (κ3) is 2.83. The minimum absolute atomic E-state index is 0.523. The summed E-state index contributed by atoms with van der Waals surface area (Å²) in [4.78, 5) is 4.74. The summed E-state index contributed by atoms with van der Waals surface area (Å²) in [5, 5.41) is 3.38. The van der Waals surface area contributed by atoms with Gasteiger partial charge >= 0.3 is 0 Å². The third-order valence-electron chi connectivity index (χ3n) is 2.88. The van der Waals surface area contributed by atoms with Gasteiger partial charge in [0.1, 0.15) is 0 Å². The van der Waals surface area contributed by atoms with E-state index >= 15 is 0 Å². The first kappa shape index (κ1) is 12.1. The smallest absolute Gasteiger partial charge is 0.0966 e. The minimum atomic E-state index is 0.523. The van der Waals surface area contributed by atoms with Crippen LogP contribution in [0.2, 0.25) is 0 Å². The molecule has 1 atom stereocenters. The summed E-state index contributed by atoms with van der Waals surface area (Å²) < 4.78 is 0.